The molecule has 1 aromatic heterocycles. The lowest BCUT2D eigenvalue weighted by atomic mass is 9.97. The van der Waals surface area contributed by atoms with Crippen molar-refractivity contribution in [3.8, 4) is 11.5 Å². The summed E-state index contributed by atoms with van der Waals surface area (Å²) in [6.07, 6.45) is 4.30. The third-order valence-corrected chi connectivity index (χ3v) is 8.72. The van der Waals surface area contributed by atoms with E-state index in [4.69, 9.17) is 14.0 Å². The first-order chi connectivity index (χ1) is 17.8. The standard InChI is InChI=1S/C27H29N3O6S/c1-18-3-5-20(6-4-18)7-10-24-26(19(2)29-36-24)37(32,33)30-13-11-22(12-14-30)27(31)28-16-21-8-9-23-25(15-21)35-17-34-23/h3-10,15,22H,11-14,16-17H2,1-2H3,(H,28,31)/b10-7+. The molecule has 10 heteroatoms. The number of nitrogens with zero attached hydrogens (tertiary/aromatic N) is 2. The van der Waals surface area contributed by atoms with Gasteiger partial charge in [-0.2, -0.15) is 4.31 Å². The summed E-state index contributed by atoms with van der Waals surface area (Å²) in [4.78, 5) is 12.8. The van der Waals surface area contributed by atoms with Crippen LogP contribution in [0.25, 0.3) is 12.2 Å². The van der Waals surface area contributed by atoms with Gasteiger partial charge in [-0.1, -0.05) is 47.1 Å². The predicted octanol–water partition coefficient (Wildman–Crippen LogP) is 3.91. The van der Waals surface area contributed by atoms with E-state index in [2.05, 4.69) is 10.5 Å². The molecule has 1 amide bonds. The Morgan fingerprint density at radius 3 is 2.54 bits per heavy atom. The lowest BCUT2D eigenvalue weighted by Crippen LogP contribution is -2.43. The van der Waals surface area contributed by atoms with Crippen LogP contribution < -0.4 is 14.8 Å². The maximum atomic E-state index is 13.5. The number of benzene rings is 2. The highest BCUT2D eigenvalue weighted by molar-refractivity contribution is 7.89. The monoisotopic (exact) mass is 523 g/mol. The maximum absolute atomic E-state index is 13.5. The number of carbonyl (C=O) groups is 1. The van der Waals surface area contributed by atoms with Gasteiger partial charge in [0, 0.05) is 25.6 Å². The van der Waals surface area contributed by atoms with Crippen molar-refractivity contribution in [2.75, 3.05) is 19.9 Å². The van der Waals surface area contributed by atoms with Gasteiger partial charge >= 0.3 is 0 Å². The van der Waals surface area contributed by atoms with Crippen molar-refractivity contribution in [2.45, 2.75) is 38.1 Å². The van der Waals surface area contributed by atoms with Gasteiger partial charge in [0.15, 0.2) is 22.2 Å². The van der Waals surface area contributed by atoms with E-state index < -0.39 is 10.0 Å². The fourth-order valence-corrected chi connectivity index (χ4v) is 6.24. The number of aromatic nitrogens is 1. The number of rotatable bonds is 7. The fourth-order valence-electron chi connectivity index (χ4n) is 4.52. The molecule has 1 saturated heterocycles. The van der Waals surface area contributed by atoms with Crippen molar-refractivity contribution in [3.63, 3.8) is 0 Å². The number of ether oxygens (including phenoxy) is 2. The van der Waals surface area contributed by atoms with E-state index >= 15 is 0 Å². The molecule has 2 aliphatic heterocycles. The molecular weight excluding hydrogens is 494 g/mol. The van der Waals surface area contributed by atoms with Crippen LogP contribution in [-0.2, 0) is 21.4 Å². The minimum atomic E-state index is -3.83. The molecule has 0 bridgehead atoms. The Morgan fingerprint density at radius 2 is 1.78 bits per heavy atom. The summed E-state index contributed by atoms with van der Waals surface area (Å²) in [5.41, 5.74) is 3.29. The quantitative estimate of drug-likeness (QED) is 0.500. The molecule has 9 nitrogen and oxygen atoms in total. The summed E-state index contributed by atoms with van der Waals surface area (Å²) < 4.78 is 44.5. The first kappa shape index (κ1) is 25.0. The van der Waals surface area contributed by atoms with Crippen molar-refractivity contribution in [1.82, 2.24) is 14.8 Å². The number of fused-ring (bicyclic) bond motifs is 1. The van der Waals surface area contributed by atoms with Gasteiger partial charge in [0.25, 0.3) is 0 Å². The van der Waals surface area contributed by atoms with Crippen molar-refractivity contribution in [1.29, 1.82) is 0 Å². The predicted molar refractivity (Wildman–Crippen MR) is 137 cm³/mol. The highest BCUT2D eigenvalue weighted by atomic mass is 32.2. The smallest absolute Gasteiger partial charge is 0.248 e. The first-order valence-electron chi connectivity index (χ1n) is 12.2. The van der Waals surface area contributed by atoms with Crippen LogP contribution in [-0.4, -0.2) is 43.7 Å². The van der Waals surface area contributed by atoms with Crippen molar-refractivity contribution in [3.05, 3.63) is 70.6 Å². The number of piperidine rings is 1. The van der Waals surface area contributed by atoms with Crippen LogP contribution in [0.4, 0.5) is 0 Å². The summed E-state index contributed by atoms with van der Waals surface area (Å²) >= 11 is 0. The molecule has 0 radical (unpaired) electrons. The Balaban J connectivity index is 1.20. The average Bonchev–Trinajstić information content (AvgIpc) is 3.53. The number of aryl methyl sites for hydroxylation is 2. The van der Waals surface area contributed by atoms with Gasteiger partial charge in [0.2, 0.25) is 22.7 Å². The second-order valence-corrected chi connectivity index (χ2v) is 11.2. The minimum absolute atomic E-state index is 0.0709. The fraction of sp³-hybridized carbons (Fsp3) is 0.333. The molecule has 5 rings (SSSR count). The van der Waals surface area contributed by atoms with Crippen molar-refractivity contribution < 1.29 is 27.2 Å². The Bertz CT molecular complexity index is 1420. The third-order valence-electron chi connectivity index (χ3n) is 6.66. The van der Waals surface area contributed by atoms with Crippen molar-refractivity contribution in [2.24, 2.45) is 5.92 Å². The number of nitrogens with one attached hydrogen (secondary N) is 1. The normalized spacial score (nSPS) is 16.4. The van der Waals surface area contributed by atoms with E-state index in [1.54, 1.807) is 19.1 Å². The molecule has 2 aliphatic rings. The van der Waals surface area contributed by atoms with Crippen LogP contribution in [0.5, 0.6) is 11.5 Å². The average molecular weight is 524 g/mol. The maximum Gasteiger partial charge on any atom is 0.248 e. The third kappa shape index (κ3) is 5.40. The molecule has 37 heavy (non-hydrogen) atoms. The van der Waals surface area contributed by atoms with Gasteiger partial charge in [-0.05, 0) is 56.0 Å². The van der Waals surface area contributed by atoms with Gasteiger partial charge in [-0.15, -0.1) is 0 Å². The second kappa shape index (κ2) is 10.4. The van der Waals surface area contributed by atoms with Crippen LogP contribution in [0, 0.1) is 19.8 Å². The Labute approximate surface area is 216 Å². The van der Waals surface area contributed by atoms with Crippen LogP contribution in [0.3, 0.4) is 0 Å². The summed E-state index contributed by atoms with van der Waals surface area (Å²) in [5.74, 6) is 1.21. The van der Waals surface area contributed by atoms with Gasteiger partial charge in [-0.3, -0.25) is 4.79 Å². The van der Waals surface area contributed by atoms with E-state index in [9.17, 15) is 13.2 Å². The van der Waals surface area contributed by atoms with E-state index in [0.29, 0.717) is 36.6 Å². The molecule has 1 N–H and O–H groups in total. The SMILES string of the molecule is Cc1ccc(/C=C/c2onc(C)c2S(=O)(=O)N2CCC(C(=O)NCc3ccc4c(c3)OCO4)CC2)cc1. The molecule has 0 aliphatic carbocycles. The zero-order valence-corrected chi connectivity index (χ0v) is 21.6. The zero-order valence-electron chi connectivity index (χ0n) is 20.8. The Kier molecular flexibility index (Phi) is 7.03. The molecular formula is C27H29N3O6S. The number of carbonyl (C=O) groups excluding carboxylic acids is 1. The summed E-state index contributed by atoms with van der Waals surface area (Å²) in [7, 11) is -3.83. The highest BCUT2D eigenvalue weighted by Crippen LogP contribution is 2.33. The summed E-state index contributed by atoms with van der Waals surface area (Å²) in [5, 5.41) is 6.87. The molecule has 0 spiro atoms. The lowest BCUT2D eigenvalue weighted by molar-refractivity contribution is -0.126. The van der Waals surface area contributed by atoms with E-state index in [1.165, 1.54) is 4.31 Å². The number of hydrogen-bond donors (Lipinski definition) is 1. The van der Waals surface area contributed by atoms with Crippen molar-refractivity contribution >= 4 is 28.1 Å². The Morgan fingerprint density at radius 1 is 1.05 bits per heavy atom. The molecule has 194 valence electrons. The summed E-state index contributed by atoms with van der Waals surface area (Å²) in [6.45, 7) is 4.68. The largest absolute Gasteiger partial charge is 0.454 e. The number of amides is 1. The van der Waals surface area contributed by atoms with Gasteiger partial charge in [0.1, 0.15) is 5.69 Å². The van der Waals surface area contributed by atoms with Crippen LogP contribution in [0.15, 0.2) is 51.9 Å². The lowest BCUT2D eigenvalue weighted by Gasteiger charge is -2.30. The van der Waals surface area contributed by atoms with E-state index in [0.717, 1.165) is 16.7 Å². The van der Waals surface area contributed by atoms with Gasteiger partial charge in [0.05, 0.1) is 0 Å². The van der Waals surface area contributed by atoms with Crippen LogP contribution in [0.2, 0.25) is 0 Å². The van der Waals surface area contributed by atoms with Gasteiger partial charge < -0.3 is 19.3 Å². The molecule has 0 atom stereocenters. The minimum Gasteiger partial charge on any atom is -0.454 e. The van der Waals surface area contributed by atoms with Crippen LogP contribution >= 0.6 is 0 Å². The topological polar surface area (TPSA) is 111 Å². The number of hydrogen-bond acceptors (Lipinski definition) is 7. The zero-order chi connectivity index (χ0) is 26.0. The molecule has 0 unspecified atom stereocenters. The van der Waals surface area contributed by atoms with E-state index in [1.807, 2.05) is 49.4 Å². The second-order valence-electron chi connectivity index (χ2n) is 9.29. The molecule has 3 heterocycles. The highest BCUT2D eigenvalue weighted by Gasteiger charge is 2.35. The molecule has 0 saturated carbocycles. The molecule has 2 aromatic carbocycles. The Hall–Kier alpha value is -3.63. The first-order valence-corrected chi connectivity index (χ1v) is 13.6. The number of sulfonamides is 1. The molecule has 1 fully saturated rings. The van der Waals surface area contributed by atoms with Gasteiger partial charge in [-0.25, -0.2) is 8.42 Å². The van der Waals surface area contributed by atoms with Crippen LogP contribution in [0.1, 0.15) is 41.0 Å². The summed E-state index contributed by atoms with van der Waals surface area (Å²) in [6, 6.07) is 13.4. The molecule has 3 aromatic rings. The van der Waals surface area contributed by atoms with E-state index in [-0.39, 0.29) is 42.4 Å².